The van der Waals surface area contributed by atoms with Crippen LogP contribution in [-0.4, -0.2) is 12.9 Å². The highest BCUT2D eigenvalue weighted by molar-refractivity contribution is 5.48. The molecule has 102 valence electrons. The lowest BCUT2D eigenvalue weighted by molar-refractivity contribution is -0.108. The van der Waals surface area contributed by atoms with Crippen molar-refractivity contribution in [1.82, 2.24) is 0 Å². The Labute approximate surface area is 115 Å². The first-order valence-corrected chi connectivity index (χ1v) is 6.71. The molecule has 1 rings (SSSR count). The van der Waals surface area contributed by atoms with Gasteiger partial charge in [0.15, 0.2) is 0 Å². The van der Waals surface area contributed by atoms with Gasteiger partial charge in [-0.25, -0.2) is 0 Å². The number of ether oxygens (including phenoxy) is 1. The molecule has 0 fully saturated rings. The van der Waals surface area contributed by atoms with E-state index in [1.165, 1.54) is 5.56 Å². The molecule has 0 saturated carbocycles. The molecule has 2 nitrogen and oxygen atoms in total. The van der Waals surface area contributed by atoms with Gasteiger partial charge in [-0.3, -0.25) is 0 Å². The van der Waals surface area contributed by atoms with Gasteiger partial charge < -0.3 is 9.53 Å². The van der Waals surface area contributed by atoms with Crippen molar-refractivity contribution in [2.75, 3.05) is 6.61 Å². The molecule has 0 radical (unpaired) electrons. The van der Waals surface area contributed by atoms with Crippen molar-refractivity contribution in [3.8, 4) is 0 Å². The van der Waals surface area contributed by atoms with Crippen LogP contribution < -0.4 is 0 Å². The van der Waals surface area contributed by atoms with Crippen LogP contribution in [0.1, 0.15) is 24.8 Å². The number of benzene rings is 1. The zero-order valence-electron chi connectivity index (χ0n) is 11.3. The Morgan fingerprint density at radius 1 is 1.26 bits per heavy atom. The molecule has 19 heavy (non-hydrogen) atoms. The smallest absolute Gasteiger partial charge is 0.119 e. The zero-order valence-corrected chi connectivity index (χ0v) is 11.3. The average molecular weight is 258 g/mol. The topological polar surface area (TPSA) is 26.3 Å². The molecule has 0 aliphatic rings. The fraction of sp³-hybridized carbons (Fsp3) is 0.353. The van der Waals surface area contributed by atoms with E-state index in [1.807, 2.05) is 24.3 Å². The summed E-state index contributed by atoms with van der Waals surface area (Å²) in [6, 6.07) is 10.1. The third-order valence-electron chi connectivity index (χ3n) is 2.86. The van der Waals surface area contributed by atoms with Crippen LogP contribution in [0.5, 0.6) is 0 Å². The van der Waals surface area contributed by atoms with E-state index in [0.717, 1.165) is 19.1 Å². The lowest BCUT2D eigenvalue weighted by Gasteiger charge is -2.12. The summed E-state index contributed by atoms with van der Waals surface area (Å²) in [5.41, 5.74) is 1.18. The molecule has 0 bridgehead atoms. The van der Waals surface area contributed by atoms with Crippen LogP contribution in [0.3, 0.4) is 0 Å². The lowest BCUT2D eigenvalue weighted by atomic mass is 10.0. The summed E-state index contributed by atoms with van der Waals surface area (Å²) < 4.78 is 5.74. The third kappa shape index (κ3) is 7.37. The molecular formula is C17H22O2. The number of hydrogen-bond acceptors (Lipinski definition) is 2. The number of aldehydes is 1. The maximum atomic E-state index is 10.3. The van der Waals surface area contributed by atoms with Crippen molar-refractivity contribution in [3.05, 3.63) is 60.7 Å². The van der Waals surface area contributed by atoms with E-state index in [2.05, 4.69) is 24.8 Å². The Bertz CT molecular complexity index is 382. The molecule has 0 aliphatic heterocycles. The van der Waals surface area contributed by atoms with E-state index >= 15 is 0 Å². The van der Waals surface area contributed by atoms with Crippen molar-refractivity contribution in [1.29, 1.82) is 0 Å². The van der Waals surface area contributed by atoms with Crippen LogP contribution in [0.4, 0.5) is 0 Å². The zero-order chi connectivity index (χ0) is 13.8. The second kappa shape index (κ2) is 10.3. The van der Waals surface area contributed by atoms with Gasteiger partial charge in [0, 0.05) is 12.3 Å². The van der Waals surface area contributed by atoms with Gasteiger partial charge in [0.2, 0.25) is 0 Å². The Kier molecular flexibility index (Phi) is 8.32. The van der Waals surface area contributed by atoms with Gasteiger partial charge in [-0.2, -0.15) is 0 Å². The summed E-state index contributed by atoms with van der Waals surface area (Å²) in [7, 11) is 0. The van der Waals surface area contributed by atoms with Gasteiger partial charge in [0.1, 0.15) is 6.29 Å². The van der Waals surface area contributed by atoms with Gasteiger partial charge in [-0.1, -0.05) is 55.1 Å². The molecule has 0 heterocycles. The van der Waals surface area contributed by atoms with Crippen molar-refractivity contribution in [2.24, 2.45) is 5.92 Å². The number of unbranched alkanes of at least 4 members (excludes halogenated alkanes) is 1. The summed E-state index contributed by atoms with van der Waals surface area (Å²) in [4.78, 5) is 10.3. The molecule has 1 aromatic carbocycles. The first kappa shape index (κ1) is 15.4. The number of rotatable bonds is 10. The Balaban J connectivity index is 2.32. The van der Waals surface area contributed by atoms with Crippen LogP contribution in [0.25, 0.3) is 0 Å². The van der Waals surface area contributed by atoms with Crippen LogP contribution in [0.2, 0.25) is 0 Å². The molecule has 1 atom stereocenters. The first-order valence-electron chi connectivity index (χ1n) is 6.71. The Hall–Kier alpha value is -1.67. The van der Waals surface area contributed by atoms with Gasteiger partial charge in [0.05, 0.1) is 13.2 Å². The molecule has 0 aliphatic carbocycles. The fourth-order valence-corrected chi connectivity index (χ4v) is 1.84. The number of carbonyl (C=O) groups is 1. The average Bonchev–Trinajstić information content (AvgIpc) is 2.45. The predicted octanol–water partition coefficient (Wildman–Crippen LogP) is 3.93. The second-order valence-electron chi connectivity index (χ2n) is 4.48. The van der Waals surface area contributed by atoms with Gasteiger partial charge in [-0.05, 0) is 18.4 Å². The highest BCUT2D eigenvalue weighted by Crippen LogP contribution is 2.12. The second-order valence-corrected chi connectivity index (χ2v) is 4.48. The lowest BCUT2D eigenvalue weighted by Crippen LogP contribution is -2.07. The minimum atomic E-state index is 0.349. The summed E-state index contributed by atoms with van der Waals surface area (Å²) >= 11 is 0. The molecule has 1 aromatic rings. The molecule has 0 amide bonds. The minimum absolute atomic E-state index is 0.349. The van der Waals surface area contributed by atoms with E-state index in [0.29, 0.717) is 25.6 Å². The number of hydrogen-bond donors (Lipinski definition) is 0. The Morgan fingerprint density at radius 3 is 2.74 bits per heavy atom. The highest BCUT2D eigenvalue weighted by atomic mass is 16.5. The summed E-state index contributed by atoms with van der Waals surface area (Å²) in [6.07, 6.45) is 9.28. The normalized spacial score (nSPS) is 12.4. The monoisotopic (exact) mass is 258 g/mol. The van der Waals surface area contributed by atoms with Crippen LogP contribution in [0, 0.1) is 5.92 Å². The predicted molar refractivity (Wildman–Crippen MR) is 78.8 cm³/mol. The maximum Gasteiger partial charge on any atom is 0.119 e. The standard InChI is InChI=1S/C17H22O2/c1-2-3-9-16(12-7-8-13-18)14-19-15-17-10-5-4-6-11-17/h2-6,9-11,13,16H,1,7-8,12,14-15H2/b9-3+. The SMILES string of the molecule is C=C/C=C/C(CCCC=O)COCc1ccccc1. The quantitative estimate of drug-likeness (QED) is 0.361. The fourth-order valence-electron chi connectivity index (χ4n) is 1.84. The molecule has 0 spiro atoms. The van der Waals surface area contributed by atoms with E-state index in [4.69, 9.17) is 4.74 Å². The van der Waals surface area contributed by atoms with Crippen molar-refractivity contribution < 1.29 is 9.53 Å². The van der Waals surface area contributed by atoms with Gasteiger partial charge in [-0.15, -0.1) is 0 Å². The van der Waals surface area contributed by atoms with E-state index in [-0.39, 0.29) is 0 Å². The van der Waals surface area contributed by atoms with Crippen molar-refractivity contribution >= 4 is 6.29 Å². The molecule has 0 saturated heterocycles. The summed E-state index contributed by atoms with van der Waals surface area (Å²) in [6.45, 7) is 4.98. The molecule has 0 N–H and O–H groups in total. The minimum Gasteiger partial charge on any atom is -0.376 e. The van der Waals surface area contributed by atoms with E-state index in [1.54, 1.807) is 6.08 Å². The van der Waals surface area contributed by atoms with Crippen LogP contribution >= 0.6 is 0 Å². The van der Waals surface area contributed by atoms with Gasteiger partial charge >= 0.3 is 0 Å². The maximum absolute atomic E-state index is 10.3. The first-order chi connectivity index (χ1) is 9.36. The molecule has 0 aromatic heterocycles. The largest absolute Gasteiger partial charge is 0.376 e. The number of allylic oxidation sites excluding steroid dienone is 2. The van der Waals surface area contributed by atoms with E-state index in [9.17, 15) is 4.79 Å². The van der Waals surface area contributed by atoms with Crippen molar-refractivity contribution in [2.45, 2.75) is 25.9 Å². The van der Waals surface area contributed by atoms with Crippen molar-refractivity contribution in [3.63, 3.8) is 0 Å². The summed E-state index contributed by atoms with van der Waals surface area (Å²) in [5.74, 6) is 0.349. The van der Waals surface area contributed by atoms with Crippen LogP contribution in [-0.2, 0) is 16.1 Å². The third-order valence-corrected chi connectivity index (χ3v) is 2.86. The molecule has 1 unspecified atom stereocenters. The summed E-state index contributed by atoms with van der Waals surface area (Å²) in [5, 5.41) is 0. The Morgan fingerprint density at radius 2 is 2.05 bits per heavy atom. The molecular weight excluding hydrogens is 236 g/mol. The van der Waals surface area contributed by atoms with Crippen LogP contribution in [0.15, 0.2) is 55.1 Å². The molecule has 2 heteroatoms. The highest BCUT2D eigenvalue weighted by Gasteiger charge is 2.05. The number of carbonyl (C=O) groups excluding carboxylic acids is 1. The van der Waals surface area contributed by atoms with Gasteiger partial charge in [0.25, 0.3) is 0 Å². The van der Waals surface area contributed by atoms with E-state index < -0.39 is 0 Å².